The minimum absolute atomic E-state index is 0.0198. The molecule has 0 radical (unpaired) electrons. The average Bonchev–Trinajstić information content (AvgIpc) is 3.10. The Morgan fingerprint density at radius 2 is 1.92 bits per heavy atom. The number of amides is 2. The fourth-order valence-electron chi connectivity index (χ4n) is 2.74. The number of carbonyl (C=O) groups is 2. The monoisotopic (exact) mass is 352 g/mol. The third-order valence-corrected chi connectivity index (χ3v) is 5.57. The molecule has 1 fully saturated rings. The number of hydrogen-bond donors (Lipinski definition) is 1. The zero-order valence-corrected chi connectivity index (χ0v) is 14.9. The van der Waals surface area contributed by atoms with Gasteiger partial charge in [-0.3, -0.25) is 9.59 Å². The number of likely N-dealkylation sites (N-methyl/N-ethyl adjacent to an activating group) is 1. The SMILES string of the molecule is CCN(CC(=O)NCc1ccc(F)cc1)C(=O)CSC1CCCC1. The molecule has 1 N–H and O–H groups in total. The van der Waals surface area contributed by atoms with Gasteiger partial charge in [0.15, 0.2) is 0 Å². The van der Waals surface area contributed by atoms with Crippen LogP contribution in [0.1, 0.15) is 38.2 Å². The Hall–Kier alpha value is -1.56. The first kappa shape index (κ1) is 18.8. The molecule has 0 aliphatic heterocycles. The molecule has 1 aromatic carbocycles. The summed E-state index contributed by atoms with van der Waals surface area (Å²) in [5, 5.41) is 3.37. The first-order valence-corrected chi connectivity index (χ1v) is 9.54. The van der Waals surface area contributed by atoms with Crippen molar-refractivity contribution >= 4 is 23.6 Å². The van der Waals surface area contributed by atoms with E-state index in [4.69, 9.17) is 0 Å². The standard InChI is InChI=1S/C18H25FN2O2S/c1-2-21(18(23)13-24-16-5-3-4-6-16)12-17(22)20-11-14-7-9-15(19)10-8-14/h7-10,16H,2-6,11-13H2,1H3,(H,20,22). The van der Waals surface area contributed by atoms with Gasteiger partial charge < -0.3 is 10.2 Å². The van der Waals surface area contributed by atoms with Gasteiger partial charge in [-0.15, -0.1) is 11.8 Å². The van der Waals surface area contributed by atoms with E-state index in [0.717, 1.165) is 5.56 Å². The molecule has 6 heteroatoms. The summed E-state index contributed by atoms with van der Waals surface area (Å²) in [6.45, 7) is 2.81. The highest BCUT2D eigenvalue weighted by Gasteiger charge is 2.20. The first-order valence-electron chi connectivity index (χ1n) is 8.49. The van der Waals surface area contributed by atoms with Crippen LogP contribution in [0.3, 0.4) is 0 Å². The minimum atomic E-state index is -0.299. The smallest absolute Gasteiger partial charge is 0.239 e. The molecule has 0 saturated heterocycles. The minimum Gasteiger partial charge on any atom is -0.350 e. The molecule has 24 heavy (non-hydrogen) atoms. The first-order chi connectivity index (χ1) is 11.6. The number of nitrogens with one attached hydrogen (secondary N) is 1. The van der Waals surface area contributed by atoms with Gasteiger partial charge in [0, 0.05) is 18.3 Å². The van der Waals surface area contributed by atoms with E-state index in [2.05, 4.69) is 5.32 Å². The lowest BCUT2D eigenvalue weighted by molar-refractivity contribution is -0.133. The molecular formula is C18H25FN2O2S. The summed E-state index contributed by atoms with van der Waals surface area (Å²) in [4.78, 5) is 25.9. The Labute approximate surface area is 147 Å². The predicted octanol–water partition coefficient (Wildman–Crippen LogP) is 2.97. The van der Waals surface area contributed by atoms with Gasteiger partial charge in [0.25, 0.3) is 0 Å². The number of nitrogens with zero attached hydrogens (tertiary/aromatic N) is 1. The van der Waals surface area contributed by atoms with Gasteiger partial charge in [0.1, 0.15) is 5.82 Å². The highest BCUT2D eigenvalue weighted by molar-refractivity contribution is 8.00. The van der Waals surface area contributed by atoms with Crippen molar-refractivity contribution in [2.45, 2.75) is 44.4 Å². The van der Waals surface area contributed by atoms with Gasteiger partial charge in [0.2, 0.25) is 11.8 Å². The fraction of sp³-hybridized carbons (Fsp3) is 0.556. The van der Waals surface area contributed by atoms with Crippen LogP contribution in [0.5, 0.6) is 0 Å². The Morgan fingerprint density at radius 1 is 1.25 bits per heavy atom. The quantitative estimate of drug-likeness (QED) is 0.782. The molecule has 0 aromatic heterocycles. The molecule has 132 valence electrons. The summed E-state index contributed by atoms with van der Waals surface area (Å²) in [6, 6.07) is 6.00. The largest absolute Gasteiger partial charge is 0.350 e. The van der Waals surface area contributed by atoms with Crippen LogP contribution in [0.15, 0.2) is 24.3 Å². The zero-order chi connectivity index (χ0) is 17.4. The molecule has 0 heterocycles. The molecule has 2 rings (SSSR count). The van der Waals surface area contributed by atoms with E-state index >= 15 is 0 Å². The van der Waals surface area contributed by atoms with Crippen LogP contribution in [0.25, 0.3) is 0 Å². The maximum Gasteiger partial charge on any atom is 0.239 e. The summed E-state index contributed by atoms with van der Waals surface area (Å²) in [5.74, 6) is -0.0247. The zero-order valence-electron chi connectivity index (χ0n) is 14.1. The normalized spacial score (nSPS) is 14.6. The summed E-state index contributed by atoms with van der Waals surface area (Å²) in [5.41, 5.74) is 0.830. The maximum absolute atomic E-state index is 12.8. The Balaban J connectivity index is 1.72. The molecule has 1 aliphatic rings. The second-order valence-electron chi connectivity index (χ2n) is 6.03. The molecule has 1 saturated carbocycles. The molecule has 0 spiro atoms. The van der Waals surface area contributed by atoms with E-state index in [9.17, 15) is 14.0 Å². The van der Waals surface area contributed by atoms with Gasteiger partial charge in [-0.1, -0.05) is 25.0 Å². The van der Waals surface area contributed by atoms with Gasteiger partial charge in [-0.05, 0) is 37.5 Å². The maximum atomic E-state index is 12.8. The van der Waals surface area contributed by atoms with Gasteiger partial charge in [0.05, 0.1) is 12.3 Å². The second kappa shape index (κ2) is 9.67. The molecule has 0 atom stereocenters. The number of hydrogen-bond acceptors (Lipinski definition) is 3. The summed E-state index contributed by atoms with van der Waals surface area (Å²) in [6.07, 6.45) is 4.91. The molecule has 1 aromatic rings. The Morgan fingerprint density at radius 3 is 2.54 bits per heavy atom. The lowest BCUT2D eigenvalue weighted by Gasteiger charge is -2.21. The van der Waals surface area contributed by atoms with Gasteiger partial charge in [-0.2, -0.15) is 0 Å². The lowest BCUT2D eigenvalue weighted by atomic mass is 10.2. The third kappa shape index (κ3) is 6.15. The van der Waals surface area contributed by atoms with E-state index in [0.29, 0.717) is 24.1 Å². The van der Waals surface area contributed by atoms with Crippen LogP contribution in [0, 0.1) is 5.82 Å². The Kier molecular flexibility index (Phi) is 7.56. The highest BCUT2D eigenvalue weighted by Crippen LogP contribution is 2.29. The summed E-state index contributed by atoms with van der Waals surface area (Å²) in [7, 11) is 0. The second-order valence-corrected chi connectivity index (χ2v) is 7.32. The fourth-order valence-corrected chi connectivity index (χ4v) is 3.97. The lowest BCUT2D eigenvalue weighted by Crippen LogP contribution is -2.41. The van der Waals surface area contributed by atoms with Crippen molar-refractivity contribution in [3.05, 3.63) is 35.6 Å². The third-order valence-electron chi connectivity index (χ3n) is 4.22. The van der Waals surface area contributed by atoms with Crippen molar-refractivity contribution in [2.24, 2.45) is 0 Å². The van der Waals surface area contributed by atoms with E-state index in [1.54, 1.807) is 28.8 Å². The molecular weight excluding hydrogens is 327 g/mol. The van der Waals surface area contributed by atoms with Crippen molar-refractivity contribution in [2.75, 3.05) is 18.8 Å². The van der Waals surface area contributed by atoms with Crippen molar-refractivity contribution in [1.82, 2.24) is 10.2 Å². The topological polar surface area (TPSA) is 49.4 Å². The molecule has 2 amide bonds. The predicted molar refractivity (Wildman–Crippen MR) is 95.2 cm³/mol. The van der Waals surface area contributed by atoms with Gasteiger partial charge >= 0.3 is 0 Å². The van der Waals surface area contributed by atoms with Crippen LogP contribution in [0.4, 0.5) is 4.39 Å². The van der Waals surface area contributed by atoms with Crippen LogP contribution in [0.2, 0.25) is 0 Å². The number of rotatable bonds is 8. The highest BCUT2D eigenvalue weighted by atomic mass is 32.2. The van der Waals surface area contributed by atoms with E-state index in [1.807, 2.05) is 6.92 Å². The van der Waals surface area contributed by atoms with E-state index in [-0.39, 0.29) is 24.2 Å². The van der Waals surface area contributed by atoms with Crippen LogP contribution >= 0.6 is 11.8 Å². The molecule has 0 unspecified atom stereocenters. The Bertz CT molecular complexity index is 544. The summed E-state index contributed by atoms with van der Waals surface area (Å²) >= 11 is 1.72. The van der Waals surface area contributed by atoms with Crippen molar-refractivity contribution in [3.63, 3.8) is 0 Å². The van der Waals surface area contributed by atoms with Crippen molar-refractivity contribution in [3.8, 4) is 0 Å². The van der Waals surface area contributed by atoms with Crippen LogP contribution in [-0.2, 0) is 16.1 Å². The van der Waals surface area contributed by atoms with Crippen molar-refractivity contribution < 1.29 is 14.0 Å². The number of thioether (sulfide) groups is 1. The van der Waals surface area contributed by atoms with Crippen LogP contribution in [-0.4, -0.2) is 40.8 Å². The molecule has 0 bridgehead atoms. The number of carbonyl (C=O) groups excluding carboxylic acids is 2. The average molecular weight is 352 g/mol. The molecule has 1 aliphatic carbocycles. The van der Waals surface area contributed by atoms with Crippen molar-refractivity contribution in [1.29, 1.82) is 0 Å². The summed E-state index contributed by atoms with van der Waals surface area (Å²) < 4.78 is 12.8. The van der Waals surface area contributed by atoms with E-state index in [1.165, 1.54) is 37.8 Å². The number of halogens is 1. The van der Waals surface area contributed by atoms with Crippen LogP contribution < -0.4 is 5.32 Å². The van der Waals surface area contributed by atoms with Gasteiger partial charge in [-0.25, -0.2) is 4.39 Å². The van der Waals surface area contributed by atoms with E-state index < -0.39 is 0 Å². The molecule has 4 nitrogen and oxygen atoms in total. The number of benzene rings is 1.